The van der Waals surface area contributed by atoms with Crippen LogP contribution in [0.5, 0.6) is 0 Å². The molecule has 3 aliphatic rings. The highest BCUT2D eigenvalue weighted by Gasteiger charge is 2.56. The maximum absolute atomic E-state index is 17.0. The predicted octanol–water partition coefficient (Wildman–Crippen LogP) is 6.32. The van der Waals surface area contributed by atoms with Crippen molar-refractivity contribution in [3.8, 4) is 0 Å². The first-order chi connectivity index (χ1) is 30.8. The standard InChI is InChI=1S/C38H44FN9O12P2S2Si/c1-38(2,3)65(5,6)60-33-28-18-54-61(52,63)58-32-27(56-36(29(32)39)46-21-43-30-23(41-20-42-35(30)46)17-26(49)22-11-8-7-9-12-22)19-55-62(64,53-16-15-40-4)59-34(33)37(57-28)47-24-13-10-14-25(48(50)51)31(24)44-45-47/h7-14,20-21,27-29,32-34,36-37H,15-19H2,1-3,5-6H3,(H,52,63)/t27-,28-,29-,32-,33-,34-,36-,37-,61?,62?/m1/s1. The summed E-state index contributed by atoms with van der Waals surface area (Å²) >= 11 is 11.6. The van der Waals surface area contributed by atoms with Gasteiger partial charge in [0.25, 0.3) is 5.69 Å². The molecule has 2 unspecified atom stereocenters. The molecule has 0 aliphatic carbocycles. The number of non-ortho nitro benzene ring substituents is 1. The molecule has 65 heavy (non-hydrogen) atoms. The predicted molar refractivity (Wildman–Crippen MR) is 239 cm³/mol. The molecule has 3 aromatic heterocycles. The van der Waals surface area contributed by atoms with Gasteiger partial charge in [0.15, 0.2) is 43.9 Å². The van der Waals surface area contributed by atoms with E-state index in [9.17, 15) is 19.8 Å². The average Bonchev–Trinajstić information content (AvgIpc) is 4.03. The Morgan fingerprint density at radius 2 is 1.77 bits per heavy atom. The van der Waals surface area contributed by atoms with Crippen molar-refractivity contribution in [1.82, 2.24) is 34.5 Å². The van der Waals surface area contributed by atoms with Crippen molar-refractivity contribution in [2.24, 2.45) is 0 Å². The van der Waals surface area contributed by atoms with E-state index < -0.39 is 89.0 Å². The van der Waals surface area contributed by atoms with Crippen molar-refractivity contribution in [3.63, 3.8) is 0 Å². The fraction of sp³-hybridized carbons (Fsp3) is 0.500. The number of ketones is 1. The van der Waals surface area contributed by atoms with Crippen molar-refractivity contribution in [2.45, 2.75) is 94.5 Å². The van der Waals surface area contributed by atoms with Crippen molar-refractivity contribution in [1.29, 1.82) is 0 Å². The Morgan fingerprint density at radius 1 is 1.03 bits per heavy atom. The topological polar surface area (TPSA) is 233 Å². The molecule has 346 valence electrons. The molecule has 3 aliphatic heterocycles. The van der Waals surface area contributed by atoms with Crippen molar-refractivity contribution in [3.05, 3.63) is 94.0 Å². The van der Waals surface area contributed by atoms with Crippen LogP contribution in [0, 0.1) is 16.7 Å². The highest BCUT2D eigenvalue weighted by atomic mass is 32.5. The first-order valence-electron chi connectivity index (χ1n) is 20.2. The molecule has 10 atom stereocenters. The summed E-state index contributed by atoms with van der Waals surface area (Å²) in [5.74, 6) is -0.216. The number of halogens is 1. The zero-order valence-electron chi connectivity index (χ0n) is 35.5. The smallest absolute Gasteiger partial charge is 0.328 e. The number of carbonyl (C=O) groups excluding carboxylic acids is 1. The zero-order valence-corrected chi connectivity index (χ0v) is 39.9. The maximum Gasteiger partial charge on any atom is 0.328 e. The van der Waals surface area contributed by atoms with E-state index >= 15 is 4.39 Å². The minimum Gasteiger partial charge on any atom is -0.408 e. The summed E-state index contributed by atoms with van der Waals surface area (Å²) in [6.45, 7) is 7.60. The minimum atomic E-state index is -4.38. The maximum atomic E-state index is 17.0. The fourth-order valence-corrected chi connectivity index (χ4v) is 12.1. The summed E-state index contributed by atoms with van der Waals surface area (Å²) in [5.41, 5.74) is 1.02. The number of hydrogen-bond donors (Lipinski definition) is 1. The van der Waals surface area contributed by atoms with Crippen LogP contribution in [0.25, 0.3) is 27.0 Å². The van der Waals surface area contributed by atoms with Gasteiger partial charge in [-0.2, -0.15) is 0 Å². The molecule has 1 N–H and O–H groups in total. The Labute approximate surface area is 382 Å². The second kappa shape index (κ2) is 18.6. The van der Waals surface area contributed by atoms with Crippen LogP contribution < -0.4 is 0 Å². The number of rotatable bonds is 11. The van der Waals surface area contributed by atoms with Crippen LogP contribution in [0.2, 0.25) is 18.1 Å². The van der Waals surface area contributed by atoms with E-state index in [1.165, 1.54) is 34.0 Å². The van der Waals surface area contributed by atoms with E-state index in [0.717, 1.165) is 0 Å². The summed E-state index contributed by atoms with van der Waals surface area (Å²) in [4.78, 5) is 52.6. The lowest BCUT2D eigenvalue weighted by Crippen LogP contribution is -2.50. The van der Waals surface area contributed by atoms with Crippen molar-refractivity contribution in [2.75, 3.05) is 26.4 Å². The number of benzene rings is 2. The van der Waals surface area contributed by atoms with E-state index in [1.54, 1.807) is 36.4 Å². The Kier molecular flexibility index (Phi) is 13.6. The molecule has 6 heterocycles. The van der Waals surface area contributed by atoms with Crippen LogP contribution >= 0.6 is 13.4 Å². The number of nitrogens with zero attached hydrogens (tertiary/aromatic N) is 9. The summed E-state index contributed by atoms with van der Waals surface area (Å²) in [6.07, 6.45) is -8.87. The second-order valence-corrected chi connectivity index (χ2v) is 27.3. The Morgan fingerprint density at radius 3 is 2.49 bits per heavy atom. The first kappa shape index (κ1) is 47.5. The molecular weight excluding hydrogens is 948 g/mol. The number of hydrogen-bond acceptors (Lipinski definition) is 18. The third-order valence-electron chi connectivity index (χ3n) is 11.6. The van der Waals surface area contributed by atoms with Crippen LogP contribution in [-0.4, -0.2) is 121 Å². The molecule has 21 nitrogen and oxygen atoms in total. The molecule has 0 spiro atoms. The quantitative estimate of drug-likeness (QED) is 0.0290. The van der Waals surface area contributed by atoms with Crippen molar-refractivity contribution >= 4 is 79.0 Å². The SMILES string of the molecule is [C-]#[N+]CCOP1(=S)OC[C@H]2O[C@@H](n3cnc4c(CC(=O)c5ccccc5)ncnc43)[C@H](F)[C@@H]2OP(O)(=S)OC[C@H]2O[C@@H](n3nnc4c([N+](=O)[O-])cccc43)[C@H](O1)[C@@H]2O[Si](C)(C)C(C)(C)C. The number of Topliss-reactive ketones (excluding diaryl/α,β-unsaturated/α-hetero) is 1. The van der Waals surface area contributed by atoms with Crippen molar-refractivity contribution < 1.29 is 55.5 Å². The second-order valence-electron chi connectivity index (χ2n) is 16.8. The molecule has 5 aromatic rings. The molecular formula is C38H44FN9O12P2S2Si. The lowest BCUT2D eigenvalue weighted by Gasteiger charge is -2.41. The summed E-state index contributed by atoms with van der Waals surface area (Å²) in [7, 11) is -2.76. The minimum absolute atomic E-state index is 0.0344. The molecule has 3 fully saturated rings. The number of carbonyl (C=O) groups is 1. The summed E-state index contributed by atoms with van der Waals surface area (Å²) < 4.78 is 70.5. The highest BCUT2D eigenvalue weighted by molar-refractivity contribution is 8.07. The molecule has 0 amide bonds. The number of aromatic nitrogens is 7. The van der Waals surface area contributed by atoms with Gasteiger partial charge in [0.2, 0.25) is 6.54 Å². The lowest BCUT2D eigenvalue weighted by molar-refractivity contribution is -0.383. The van der Waals surface area contributed by atoms with Gasteiger partial charge < -0.3 is 37.2 Å². The molecule has 0 radical (unpaired) electrons. The van der Waals surface area contributed by atoms with E-state index in [-0.39, 0.29) is 58.3 Å². The summed E-state index contributed by atoms with van der Waals surface area (Å²) in [6, 6.07) is 13.0. The lowest BCUT2D eigenvalue weighted by atomic mass is 10.1. The average molecular weight is 992 g/mol. The van der Waals surface area contributed by atoms with E-state index in [1.807, 2.05) is 33.9 Å². The van der Waals surface area contributed by atoms with E-state index in [2.05, 4.69) is 30.1 Å². The number of nitro groups is 1. The van der Waals surface area contributed by atoms with Crippen LogP contribution in [0.15, 0.2) is 61.2 Å². The largest absolute Gasteiger partial charge is 0.408 e. The van der Waals surface area contributed by atoms with Crippen LogP contribution in [0.1, 0.15) is 49.3 Å². The number of imidazole rings is 1. The highest BCUT2D eigenvalue weighted by Crippen LogP contribution is 2.58. The number of alkyl halides is 1. The van der Waals surface area contributed by atoms with Gasteiger partial charge in [-0.1, -0.05) is 62.4 Å². The number of nitro benzene ring substituents is 1. The third kappa shape index (κ3) is 9.75. The van der Waals surface area contributed by atoms with Crippen LogP contribution in [0.3, 0.4) is 0 Å². The number of fused-ring (bicyclic) bond motifs is 5. The van der Waals surface area contributed by atoms with E-state index in [0.29, 0.717) is 11.3 Å². The van der Waals surface area contributed by atoms with Gasteiger partial charge in [-0.25, -0.2) is 30.6 Å². The zero-order chi connectivity index (χ0) is 46.5. The van der Waals surface area contributed by atoms with Gasteiger partial charge in [-0.05, 0) is 47.8 Å². The van der Waals surface area contributed by atoms with E-state index in [4.69, 9.17) is 66.7 Å². The Balaban J connectivity index is 1.16. The third-order valence-corrected chi connectivity index (χ3v) is 20.0. The molecule has 8 rings (SSSR count). The monoisotopic (exact) mass is 991 g/mol. The van der Waals surface area contributed by atoms with Gasteiger partial charge in [0.05, 0.1) is 42.1 Å². The normalized spacial score (nSPS) is 30.0. The summed E-state index contributed by atoms with van der Waals surface area (Å²) in [5, 5.41) is 20.0. The molecule has 2 aromatic carbocycles. The Hall–Kier alpha value is -3.96. The van der Waals surface area contributed by atoms with Gasteiger partial charge in [0, 0.05) is 11.6 Å². The van der Waals surface area contributed by atoms with Gasteiger partial charge >= 0.3 is 13.4 Å². The molecule has 3 saturated heterocycles. The fourth-order valence-electron chi connectivity index (χ4n) is 7.33. The first-order valence-corrected chi connectivity index (χ1v) is 28.3. The van der Waals surface area contributed by atoms with Gasteiger partial charge in [-0.15, -0.1) is 5.10 Å². The van der Waals surface area contributed by atoms with Crippen LogP contribution in [0.4, 0.5) is 10.1 Å². The molecule has 0 saturated carbocycles. The van der Waals surface area contributed by atoms with Crippen LogP contribution in [-0.2, 0) is 66.6 Å². The molecule has 2 bridgehead atoms. The Bertz CT molecular complexity index is 2740. The number of ether oxygens (including phenoxy) is 2. The molecule has 27 heteroatoms. The van der Waals surface area contributed by atoms with Gasteiger partial charge in [0.1, 0.15) is 49.0 Å². The van der Waals surface area contributed by atoms with Gasteiger partial charge in [-0.3, -0.25) is 28.5 Å².